The van der Waals surface area contributed by atoms with Gasteiger partial charge in [0.25, 0.3) is 0 Å². The largest absolute Gasteiger partial charge is 0.311 e. The molecule has 0 saturated heterocycles. The van der Waals surface area contributed by atoms with Gasteiger partial charge < -0.3 is 4.90 Å². The fraction of sp³-hybridized carbons (Fsp3) is 0.286. The topological polar surface area (TPSA) is 79.4 Å². The number of thiazole rings is 1. The zero-order valence-electron chi connectivity index (χ0n) is 11.9. The molecule has 1 aromatic heterocycles. The van der Waals surface area contributed by atoms with Gasteiger partial charge in [0.2, 0.25) is 15.9 Å². The van der Waals surface area contributed by atoms with Crippen molar-refractivity contribution in [1.82, 2.24) is 9.71 Å². The van der Waals surface area contributed by atoms with E-state index < -0.39 is 10.0 Å². The van der Waals surface area contributed by atoms with Crippen LogP contribution in [-0.4, -0.2) is 32.9 Å². The van der Waals surface area contributed by atoms with Crippen LogP contribution >= 0.6 is 11.3 Å². The van der Waals surface area contributed by atoms with Crippen molar-refractivity contribution < 1.29 is 13.2 Å². The summed E-state index contributed by atoms with van der Waals surface area (Å²) in [7, 11) is -2.08. The Bertz CT molecular complexity index is 801. The van der Waals surface area contributed by atoms with Crippen molar-refractivity contribution in [2.24, 2.45) is 0 Å². The van der Waals surface area contributed by atoms with Crippen LogP contribution in [0.5, 0.6) is 0 Å². The highest BCUT2D eigenvalue weighted by molar-refractivity contribution is 7.89. The van der Waals surface area contributed by atoms with E-state index in [1.54, 1.807) is 22.5 Å². The molecule has 1 N–H and O–H groups in total. The lowest BCUT2D eigenvalue weighted by atomic mass is 10.2. The smallest absolute Gasteiger partial charge is 0.240 e. The number of hydrogen-bond donors (Lipinski definition) is 1. The summed E-state index contributed by atoms with van der Waals surface area (Å²) in [4.78, 5) is 18.4. The van der Waals surface area contributed by atoms with Crippen LogP contribution in [-0.2, 0) is 27.7 Å². The Morgan fingerprint density at radius 2 is 2.27 bits per heavy atom. The molecule has 1 aliphatic rings. The fourth-order valence-corrected chi connectivity index (χ4v) is 3.84. The van der Waals surface area contributed by atoms with E-state index in [0.717, 1.165) is 16.9 Å². The average molecular weight is 337 g/mol. The van der Waals surface area contributed by atoms with Crippen molar-refractivity contribution in [2.75, 3.05) is 18.5 Å². The van der Waals surface area contributed by atoms with Gasteiger partial charge in [-0.3, -0.25) is 4.79 Å². The van der Waals surface area contributed by atoms with Crippen molar-refractivity contribution in [2.45, 2.75) is 17.7 Å². The van der Waals surface area contributed by atoms with Gasteiger partial charge in [0, 0.05) is 17.6 Å². The van der Waals surface area contributed by atoms with Gasteiger partial charge in [0.1, 0.15) is 0 Å². The molecular formula is C14H15N3O3S2. The van der Waals surface area contributed by atoms with Crippen LogP contribution in [0.15, 0.2) is 34.0 Å². The van der Waals surface area contributed by atoms with E-state index in [1.807, 2.05) is 5.38 Å². The molecule has 1 aromatic carbocycles. The van der Waals surface area contributed by atoms with Crippen LogP contribution in [0.2, 0.25) is 0 Å². The van der Waals surface area contributed by atoms with Crippen molar-refractivity contribution in [3.63, 3.8) is 0 Å². The Morgan fingerprint density at radius 1 is 1.45 bits per heavy atom. The van der Waals surface area contributed by atoms with Gasteiger partial charge in [-0.15, -0.1) is 11.3 Å². The molecule has 0 unspecified atom stereocenters. The first-order valence-corrected chi connectivity index (χ1v) is 9.18. The predicted molar refractivity (Wildman–Crippen MR) is 84.6 cm³/mol. The highest BCUT2D eigenvalue weighted by Crippen LogP contribution is 2.30. The minimum absolute atomic E-state index is 0.0196. The Kier molecular flexibility index (Phi) is 3.98. The van der Waals surface area contributed by atoms with Crippen molar-refractivity contribution in [3.05, 3.63) is 40.3 Å². The summed E-state index contributed by atoms with van der Waals surface area (Å²) in [6.07, 6.45) is 0.921. The molecule has 0 fully saturated rings. The van der Waals surface area contributed by atoms with E-state index in [0.29, 0.717) is 13.0 Å². The van der Waals surface area contributed by atoms with Gasteiger partial charge >= 0.3 is 0 Å². The van der Waals surface area contributed by atoms with Crippen LogP contribution in [0.3, 0.4) is 0 Å². The second-order valence-electron chi connectivity index (χ2n) is 4.95. The number of carbonyl (C=O) groups is 1. The molecule has 2 heterocycles. The SMILES string of the molecule is CNS(=O)(=O)c1ccc2c(c1)CCN2C(=O)Cc1cscn1. The summed E-state index contributed by atoms with van der Waals surface area (Å²) >= 11 is 1.46. The lowest BCUT2D eigenvalue weighted by Crippen LogP contribution is -2.30. The number of nitrogens with zero attached hydrogens (tertiary/aromatic N) is 2. The number of carbonyl (C=O) groups excluding carboxylic acids is 1. The maximum Gasteiger partial charge on any atom is 0.240 e. The van der Waals surface area contributed by atoms with Gasteiger partial charge in [-0.25, -0.2) is 18.1 Å². The highest BCUT2D eigenvalue weighted by atomic mass is 32.2. The van der Waals surface area contributed by atoms with E-state index >= 15 is 0 Å². The second-order valence-corrected chi connectivity index (χ2v) is 7.56. The Morgan fingerprint density at radius 3 is 2.95 bits per heavy atom. The minimum Gasteiger partial charge on any atom is -0.311 e. The second kappa shape index (κ2) is 5.79. The minimum atomic E-state index is -3.46. The van der Waals surface area contributed by atoms with Crippen LogP contribution in [0.4, 0.5) is 5.69 Å². The highest BCUT2D eigenvalue weighted by Gasteiger charge is 2.26. The molecule has 0 aliphatic carbocycles. The van der Waals surface area contributed by atoms with E-state index in [4.69, 9.17) is 0 Å². The molecule has 0 spiro atoms. The summed E-state index contributed by atoms with van der Waals surface area (Å²) in [5.74, 6) is -0.0196. The molecular weight excluding hydrogens is 322 g/mol. The van der Waals surface area contributed by atoms with E-state index in [9.17, 15) is 13.2 Å². The maximum atomic E-state index is 12.4. The van der Waals surface area contributed by atoms with Crippen molar-refractivity contribution >= 4 is 33.0 Å². The maximum absolute atomic E-state index is 12.4. The number of sulfonamides is 1. The average Bonchev–Trinajstić information content (AvgIpc) is 3.15. The zero-order chi connectivity index (χ0) is 15.7. The standard InChI is InChI=1S/C14H15N3O3S2/c1-15-22(19,20)12-2-3-13-10(6-12)4-5-17(13)14(18)7-11-8-21-9-16-11/h2-3,6,8-9,15H,4-5,7H2,1H3. The molecule has 22 heavy (non-hydrogen) atoms. The number of anilines is 1. The Hall–Kier alpha value is -1.77. The first-order valence-electron chi connectivity index (χ1n) is 6.75. The predicted octanol–water partition coefficient (Wildman–Crippen LogP) is 1.18. The molecule has 0 saturated carbocycles. The Labute approximate surface area is 132 Å². The molecule has 0 atom stereocenters. The van der Waals surface area contributed by atoms with Gasteiger partial charge in [-0.2, -0.15) is 0 Å². The third-order valence-corrected chi connectivity index (χ3v) is 5.69. The van der Waals surface area contributed by atoms with Crippen LogP contribution in [0, 0.1) is 0 Å². The number of benzene rings is 1. The molecule has 1 amide bonds. The van der Waals surface area contributed by atoms with E-state index in [1.165, 1.54) is 24.5 Å². The van der Waals surface area contributed by atoms with Gasteiger partial charge in [0.05, 0.1) is 22.5 Å². The number of nitrogens with one attached hydrogen (secondary N) is 1. The van der Waals surface area contributed by atoms with Crippen LogP contribution < -0.4 is 9.62 Å². The molecule has 8 heteroatoms. The fourth-order valence-electron chi connectivity index (χ4n) is 2.50. The van der Waals surface area contributed by atoms with E-state index in [-0.39, 0.29) is 17.2 Å². The summed E-state index contributed by atoms with van der Waals surface area (Å²) in [5, 5.41) is 1.86. The van der Waals surface area contributed by atoms with Gasteiger partial charge in [-0.05, 0) is 37.2 Å². The molecule has 2 aromatic rings. The molecule has 116 valence electrons. The molecule has 6 nitrogen and oxygen atoms in total. The number of fused-ring (bicyclic) bond motifs is 1. The lowest BCUT2D eigenvalue weighted by Gasteiger charge is -2.17. The summed E-state index contributed by atoms with van der Waals surface area (Å²) in [6.45, 7) is 0.571. The first kappa shape index (κ1) is 15.1. The van der Waals surface area contributed by atoms with Crippen LogP contribution in [0.1, 0.15) is 11.3 Å². The number of aromatic nitrogens is 1. The van der Waals surface area contributed by atoms with E-state index in [2.05, 4.69) is 9.71 Å². The molecule has 1 aliphatic heterocycles. The molecule has 0 bridgehead atoms. The third-order valence-electron chi connectivity index (χ3n) is 3.64. The number of hydrogen-bond acceptors (Lipinski definition) is 5. The summed E-state index contributed by atoms with van der Waals surface area (Å²) in [6, 6.07) is 4.86. The quantitative estimate of drug-likeness (QED) is 0.909. The zero-order valence-corrected chi connectivity index (χ0v) is 13.6. The monoisotopic (exact) mass is 337 g/mol. The molecule has 0 radical (unpaired) electrons. The summed E-state index contributed by atoms with van der Waals surface area (Å²) < 4.78 is 26.0. The Balaban J connectivity index is 1.85. The van der Waals surface area contributed by atoms with Crippen molar-refractivity contribution in [3.8, 4) is 0 Å². The first-order chi connectivity index (χ1) is 10.5. The summed E-state index contributed by atoms with van der Waals surface area (Å²) in [5.41, 5.74) is 4.13. The van der Waals surface area contributed by atoms with Crippen molar-refractivity contribution in [1.29, 1.82) is 0 Å². The van der Waals surface area contributed by atoms with Gasteiger partial charge in [-0.1, -0.05) is 0 Å². The normalized spacial score (nSPS) is 14.1. The number of rotatable bonds is 4. The molecule has 3 rings (SSSR count). The third kappa shape index (κ3) is 2.77. The van der Waals surface area contributed by atoms with Crippen LogP contribution in [0.25, 0.3) is 0 Å². The number of amides is 1. The van der Waals surface area contributed by atoms with Gasteiger partial charge in [0.15, 0.2) is 0 Å². The lowest BCUT2D eigenvalue weighted by molar-refractivity contribution is -0.117.